The van der Waals surface area contributed by atoms with Crippen LogP contribution in [0.3, 0.4) is 0 Å². The van der Waals surface area contributed by atoms with Gasteiger partial charge in [-0.1, -0.05) is 16.8 Å². The highest BCUT2D eigenvalue weighted by Crippen LogP contribution is 2.29. The minimum atomic E-state index is -0.527. The van der Waals surface area contributed by atoms with Crippen LogP contribution in [0.25, 0.3) is 11.4 Å². The molecule has 0 saturated carbocycles. The largest absolute Gasteiger partial charge is 0.482 e. The van der Waals surface area contributed by atoms with Crippen LogP contribution in [0.15, 0.2) is 39.5 Å². The summed E-state index contributed by atoms with van der Waals surface area (Å²) in [7, 11) is 0. The highest BCUT2D eigenvalue weighted by Gasteiger charge is 2.13. The van der Waals surface area contributed by atoms with E-state index in [4.69, 9.17) is 20.9 Å². The summed E-state index contributed by atoms with van der Waals surface area (Å²) in [5, 5.41) is 18.4. The van der Waals surface area contributed by atoms with Crippen LogP contribution in [0.1, 0.15) is 5.89 Å². The molecule has 0 bridgehead atoms. The molecule has 0 saturated heterocycles. The summed E-state index contributed by atoms with van der Waals surface area (Å²) in [6.07, 6.45) is 0. The van der Waals surface area contributed by atoms with E-state index in [0.717, 1.165) is 5.56 Å². The lowest BCUT2D eigenvalue weighted by molar-refractivity contribution is -0.384. The van der Waals surface area contributed by atoms with E-state index in [1.54, 1.807) is 0 Å². The van der Waals surface area contributed by atoms with Crippen molar-refractivity contribution in [3.8, 4) is 17.1 Å². The number of thiophene rings is 1. The number of benzene rings is 1. The number of non-ortho nitro benzene ring substituents is 1. The number of hydrogen-bond acceptors (Lipinski definition) is 7. The Hall–Kier alpha value is -2.45. The molecule has 2 heterocycles. The first-order valence-electron chi connectivity index (χ1n) is 6.05. The monoisotopic (exact) mass is 337 g/mol. The van der Waals surface area contributed by atoms with Crippen molar-refractivity contribution in [2.75, 3.05) is 0 Å². The molecule has 0 unspecified atom stereocenters. The van der Waals surface area contributed by atoms with Crippen molar-refractivity contribution < 1.29 is 14.2 Å². The zero-order valence-electron chi connectivity index (χ0n) is 10.9. The van der Waals surface area contributed by atoms with Crippen molar-refractivity contribution in [1.29, 1.82) is 0 Å². The summed E-state index contributed by atoms with van der Waals surface area (Å²) in [5.41, 5.74) is 0.767. The van der Waals surface area contributed by atoms with Crippen molar-refractivity contribution in [2.45, 2.75) is 6.61 Å². The molecule has 0 atom stereocenters. The van der Waals surface area contributed by atoms with Crippen molar-refractivity contribution in [2.24, 2.45) is 0 Å². The maximum absolute atomic E-state index is 10.6. The molecule has 3 aromatic rings. The molecule has 7 nitrogen and oxygen atoms in total. The lowest BCUT2D eigenvalue weighted by Gasteiger charge is -2.04. The lowest BCUT2D eigenvalue weighted by Crippen LogP contribution is -1.97. The molecule has 0 fully saturated rings. The third-order valence-corrected chi connectivity index (χ3v) is 3.70. The van der Waals surface area contributed by atoms with Crippen LogP contribution in [0.4, 0.5) is 5.69 Å². The molecule has 0 aliphatic heterocycles. The number of nitro groups is 1. The van der Waals surface area contributed by atoms with Gasteiger partial charge in [0.1, 0.15) is 5.75 Å². The molecule has 2 aromatic heterocycles. The van der Waals surface area contributed by atoms with E-state index in [1.807, 2.05) is 16.8 Å². The molecule has 112 valence electrons. The van der Waals surface area contributed by atoms with Gasteiger partial charge in [-0.15, -0.1) is 0 Å². The van der Waals surface area contributed by atoms with Gasteiger partial charge in [-0.05, 0) is 17.5 Å². The SMILES string of the molecule is O=[N+]([O-])c1ccc(OCc2nc(-c3ccsc3)no2)c(Cl)c1. The quantitative estimate of drug-likeness (QED) is 0.517. The van der Waals surface area contributed by atoms with Crippen LogP contribution in [-0.2, 0) is 6.61 Å². The van der Waals surface area contributed by atoms with Gasteiger partial charge in [-0.3, -0.25) is 10.1 Å². The molecule has 1 aromatic carbocycles. The molecule has 22 heavy (non-hydrogen) atoms. The first-order valence-corrected chi connectivity index (χ1v) is 7.37. The average molecular weight is 338 g/mol. The van der Waals surface area contributed by atoms with E-state index in [1.165, 1.54) is 29.5 Å². The van der Waals surface area contributed by atoms with Gasteiger partial charge >= 0.3 is 0 Å². The summed E-state index contributed by atoms with van der Waals surface area (Å²) < 4.78 is 10.5. The van der Waals surface area contributed by atoms with Crippen molar-refractivity contribution >= 4 is 28.6 Å². The van der Waals surface area contributed by atoms with Crippen LogP contribution in [0.2, 0.25) is 5.02 Å². The van der Waals surface area contributed by atoms with E-state index in [2.05, 4.69) is 10.1 Å². The Kier molecular flexibility index (Phi) is 4.03. The Bertz CT molecular complexity index is 803. The second kappa shape index (κ2) is 6.12. The number of nitrogens with zero attached hydrogens (tertiary/aromatic N) is 3. The summed E-state index contributed by atoms with van der Waals surface area (Å²) in [4.78, 5) is 14.3. The molecular formula is C13H8ClN3O4S. The topological polar surface area (TPSA) is 91.3 Å². The summed E-state index contributed by atoms with van der Waals surface area (Å²) >= 11 is 7.47. The predicted octanol–water partition coefficient (Wildman–Crippen LogP) is 3.94. The summed E-state index contributed by atoms with van der Waals surface area (Å²) in [5.74, 6) is 1.08. The van der Waals surface area contributed by atoms with Crippen LogP contribution in [0, 0.1) is 10.1 Å². The Balaban J connectivity index is 1.69. The van der Waals surface area contributed by atoms with E-state index in [0.29, 0.717) is 11.6 Å². The minimum Gasteiger partial charge on any atom is -0.482 e. The fourth-order valence-corrected chi connectivity index (χ4v) is 2.55. The molecular weight excluding hydrogens is 330 g/mol. The first kappa shape index (κ1) is 14.5. The minimum absolute atomic E-state index is 0.0225. The summed E-state index contributed by atoms with van der Waals surface area (Å²) in [6.45, 7) is 0.0225. The van der Waals surface area contributed by atoms with E-state index >= 15 is 0 Å². The maximum Gasteiger partial charge on any atom is 0.271 e. The van der Waals surface area contributed by atoms with E-state index in [-0.39, 0.29) is 23.2 Å². The average Bonchev–Trinajstić information content (AvgIpc) is 3.16. The molecule has 0 amide bonds. The van der Waals surface area contributed by atoms with Gasteiger partial charge in [0.2, 0.25) is 5.82 Å². The normalized spacial score (nSPS) is 10.6. The highest BCUT2D eigenvalue weighted by molar-refractivity contribution is 7.08. The second-order valence-electron chi connectivity index (χ2n) is 4.18. The van der Waals surface area contributed by atoms with Crippen LogP contribution in [-0.4, -0.2) is 15.1 Å². The molecule has 0 N–H and O–H groups in total. The zero-order valence-corrected chi connectivity index (χ0v) is 12.5. The van der Waals surface area contributed by atoms with E-state index in [9.17, 15) is 10.1 Å². The number of nitro benzene ring substituents is 1. The van der Waals surface area contributed by atoms with Gasteiger partial charge < -0.3 is 9.26 Å². The molecule has 9 heteroatoms. The number of aromatic nitrogens is 2. The zero-order chi connectivity index (χ0) is 15.5. The Morgan fingerprint density at radius 2 is 2.27 bits per heavy atom. The van der Waals surface area contributed by atoms with Gasteiger partial charge in [0.05, 0.1) is 9.95 Å². The van der Waals surface area contributed by atoms with Crippen LogP contribution in [0.5, 0.6) is 5.75 Å². The second-order valence-corrected chi connectivity index (χ2v) is 5.37. The smallest absolute Gasteiger partial charge is 0.271 e. The summed E-state index contributed by atoms with van der Waals surface area (Å²) in [6, 6.07) is 5.84. The number of ether oxygens (including phenoxy) is 1. The van der Waals surface area contributed by atoms with E-state index < -0.39 is 4.92 Å². The maximum atomic E-state index is 10.6. The number of rotatable bonds is 5. The Morgan fingerprint density at radius 3 is 2.95 bits per heavy atom. The number of hydrogen-bond donors (Lipinski definition) is 0. The third kappa shape index (κ3) is 3.07. The van der Waals surface area contributed by atoms with Gasteiger partial charge in [-0.25, -0.2) is 0 Å². The van der Waals surface area contributed by atoms with Crippen LogP contribution < -0.4 is 4.74 Å². The first-order chi connectivity index (χ1) is 10.6. The van der Waals surface area contributed by atoms with Gasteiger partial charge in [0.25, 0.3) is 11.6 Å². The molecule has 0 spiro atoms. The fourth-order valence-electron chi connectivity index (χ4n) is 1.68. The highest BCUT2D eigenvalue weighted by atomic mass is 35.5. The number of halogens is 1. The van der Waals surface area contributed by atoms with Gasteiger partial charge in [-0.2, -0.15) is 16.3 Å². The van der Waals surface area contributed by atoms with Crippen molar-refractivity contribution in [3.63, 3.8) is 0 Å². The molecule has 0 aliphatic carbocycles. The predicted molar refractivity (Wildman–Crippen MR) is 80.0 cm³/mol. The molecule has 0 radical (unpaired) electrons. The van der Waals surface area contributed by atoms with Gasteiger partial charge in [0.15, 0.2) is 6.61 Å². The third-order valence-electron chi connectivity index (χ3n) is 2.72. The Morgan fingerprint density at radius 1 is 1.41 bits per heavy atom. The standard InChI is InChI=1S/C13H8ClN3O4S/c14-10-5-9(17(18)19)1-2-11(10)20-6-12-15-13(16-21-12)8-3-4-22-7-8/h1-5,7H,6H2. The van der Waals surface area contributed by atoms with Crippen molar-refractivity contribution in [3.05, 3.63) is 56.1 Å². The fraction of sp³-hybridized carbons (Fsp3) is 0.0769. The van der Waals surface area contributed by atoms with Crippen molar-refractivity contribution in [1.82, 2.24) is 10.1 Å². The van der Waals surface area contributed by atoms with Gasteiger partial charge in [0, 0.05) is 23.1 Å². The molecule has 3 rings (SSSR count). The lowest BCUT2D eigenvalue weighted by atomic mass is 10.3. The molecule has 0 aliphatic rings. The Labute approximate surface area is 133 Å². The van der Waals surface area contributed by atoms with Crippen LogP contribution >= 0.6 is 22.9 Å².